The molecule has 0 saturated heterocycles. The summed E-state index contributed by atoms with van der Waals surface area (Å²) in [5.41, 5.74) is 2.17. The van der Waals surface area contributed by atoms with Gasteiger partial charge in [0.2, 0.25) is 5.76 Å². The topological polar surface area (TPSA) is 55.1 Å². The zero-order valence-electron chi connectivity index (χ0n) is 11.9. The molecule has 2 aromatic carbocycles. The summed E-state index contributed by atoms with van der Waals surface area (Å²) < 4.78 is 5.10. The van der Waals surface area contributed by atoms with Crippen LogP contribution in [-0.4, -0.2) is 11.1 Å². The molecule has 0 radical (unpaired) electrons. The van der Waals surface area contributed by atoms with Gasteiger partial charge in [0.15, 0.2) is 0 Å². The minimum atomic E-state index is -0.356. The summed E-state index contributed by atoms with van der Waals surface area (Å²) in [5, 5.41) is 7.84. The third-order valence-corrected chi connectivity index (χ3v) is 3.86. The maximum absolute atomic E-state index is 12.1. The molecule has 0 bridgehead atoms. The van der Waals surface area contributed by atoms with Gasteiger partial charge in [-0.05, 0) is 23.8 Å². The van der Waals surface area contributed by atoms with Gasteiger partial charge in [-0.2, -0.15) is 0 Å². The Morgan fingerprint density at radius 2 is 1.91 bits per heavy atom. The van der Waals surface area contributed by atoms with E-state index in [4.69, 9.17) is 27.7 Å². The number of amides is 1. The highest BCUT2D eigenvalue weighted by molar-refractivity contribution is 6.31. The van der Waals surface area contributed by atoms with Crippen molar-refractivity contribution in [2.75, 3.05) is 0 Å². The number of hydrogen-bond acceptors (Lipinski definition) is 3. The van der Waals surface area contributed by atoms with Gasteiger partial charge in [0.05, 0.1) is 0 Å². The van der Waals surface area contributed by atoms with E-state index in [-0.39, 0.29) is 11.7 Å². The van der Waals surface area contributed by atoms with E-state index in [9.17, 15) is 4.79 Å². The maximum Gasteiger partial charge on any atom is 0.290 e. The average molecular weight is 347 g/mol. The maximum atomic E-state index is 12.1. The van der Waals surface area contributed by atoms with E-state index in [0.29, 0.717) is 22.3 Å². The van der Waals surface area contributed by atoms with Crippen LogP contribution in [-0.2, 0) is 6.54 Å². The molecule has 1 amide bonds. The molecule has 4 nitrogen and oxygen atoms in total. The highest BCUT2D eigenvalue weighted by Gasteiger charge is 2.14. The van der Waals surface area contributed by atoms with Gasteiger partial charge in [-0.1, -0.05) is 58.7 Å². The van der Waals surface area contributed by atoms with E-state index in [2.05, 4.69) is 10.5 Å². The summed E-state index contributed by atoms with van der Waals surface area (Å²) in [6.07, 6.45) is 0. The first-order valence-electron chi connectivity index (χ1n) is 6.88. The molecule has 0 fully saturated rings. The van der Waals surface area contributed by atoms with Crippen LogP contribution in [0.15, 0.2) is 59.1 Å². The molecule has 6 heteroatoms. The van der Waals surface area contributed by atoms with E-state index < -0.39 is 0 Å². The molecule has 0 unspecified atom stereocenters. The predicted octanol–water partition coefficient (Wildman–Crippen LogP) is 4.58. The zero-order chi connectivity index (χ0) is 16.2. The second-order valence-corrected chi connectivity index (χ2v) is 5.70. The van der Waals surface area contributed by atoms with Crippen LogP contribution in [0, 0.1) is 0 Å². The lowest BCUT2D eigenvalue weighted by Gasteiger charge is -2.04. The monoisotopic (exact) mass is 346 g/mol. The Kier molecular flexibility index (Phi) is 4.65. The van der Waals surface area contributed by atoms with Crippen molar-refractivity contribution in [3.63, 3.8) is 0 Å². The molecule has 1 heterocycles. The van der Waals surface area contributed by atoms with Crippen LogP contribution in [0.25, 0.3) is 11.3 Å². The Morgan fingerprint density at radius 1 is 1.09 bits per heavy atom. The van der Waals surface area contributed by atoms with E-state index >= 15 is 0 Å². The highest BCUT2D eigenvalue weighted by atomic mass is 35.5. The number of nitrogens with one attached hydrogen (secondary N) is 1. The minimum Gasteiger partial charge on any atom is -0.350 e. The molecule has 116 valence electrons. The van der Waals surface area contributed by atoms with Crippen molar-refractivity contribution in [2.24, 2.45) is 0 Å². The third-order valence-electron chi connectivity index (χ3n) is 3.25. The Hall–Kier alpha value is -2.30. The van der Waals surface area contributed by atoms with Crippen molar-refractivity contribution in [1.29, 1.82) is 0 Å². The summed E-state index contributed by atoms with van der Waals surface area (Å²) in [4.78, 5) is 12.1. The zero-order valence-corrected chi connectivity index (χ0v) is 13.4. The van der Waals surface area contributed by atoms with Gasteiger partial charge >= 0.3 is 0 Å². The number of nitrogens with zero attached hydrogens (tertiary/aromatic N) is 1. The molecule has 23 heavy (non-hydrogen) atoms. The Labute approximate surface area is 143 Å². The van der Waals surface area contributed by atoms with Crippen molar-refractivity contribution in [1.82, 2.24) is 10.5 Å². The van der Waals surface area contributed by atoms with Gasteiger partial charge in [0.25, 0.3) is 5.91 Å². The molecule has 0 aliphatic carbocycles. The van der Waals surface area contributed by atoms with Crippen LogP contribution in [0.2, 0.25) is 10.0 Å². The smallest absolute Gasteiger partial charge is 0.290 e. The first kappa shape index (κ1) is 15.6. The number of aromatic nitrogens is 1. The first-order valence-corrected chi connectivity index (χ1v) is 7.63. The molecule has 3 rings (SSSR count). The average Bonchev–Trinajstić information content (AvgIpc) is 3.04. The van der Waals surface area contributed by atoms with Crippen LogP contribution in [0.3, 0.4) is 0 Å². The van der Waals surface area contributed by atoms with Crippen molar-refractivity contribution in [3.8, 4) is 11.3 Å². The van der Waals surface area contributed by atoms with Crippen molar-refractivity contribution in [3.05, 3.63) is 76.0 Å². The number of benzene rings is 2. The lowest BCUT2D eigenvalue weighted by Crippen LogP contribution is -2.22. The van der Waals surface area contributed by atoms with E-state index in [1.54, 1.807) is 24.3 Å². The summed E-state index contributed by atoms with van der Waals surface area (Å²) in [5.74, 6) is -0.224. The molecule has 0 aliphatic heterocycles. The fourth-order valence-electron chi connectivity index (χ4n) is 2.07. The van der Waals surface area contributed by atoms with Gasteiger partial charge in [0, 0.05) is 28.2 Å². The molecular formula is C17H12Cl2N2O2. The number of rotatable bonds is 4. The minimum absolute atomic E-state index is 0.132. The molecule has 0 aliphatic rings. The lowest BCUT2D eigenvalue weighted by molar-refractivity contribution is 0.0914. The molecule has 1 aromatic heterocycles. The summed E-state index contributed by atoms with van der Waals surface area (Å²) in [6, 6.07) is 16.1. The summed E-state index contributed by atoms with van der Waals surface area (Å²) >= 11 is 12.0. The number of carbonyl (C=O) groups is 1. The molecule has 1 N–H and O–H groups in total. The van der Waals surface area contributed by atoms with Crippen LogP contribution >= 0.6 is 23.2 Å². The van der Waals surface area contributed by atoms with E-state index in [1.807, 2.05) is 30.3 Å². The molecular weight excluding hydrogens is 335 g/mol. The Balaban J connectivity index is 1.70. The number of halogens is 2. The second-order valence-electron chi connectivity index (χ2n) is 4.86. The normalized spacial score (nSPS) is 10.5. The lowest BCUT2D eigenvalue weighted by atomic mass is 10.1. The van der Waals surface area contributed by atoms with E-state index in [1.165, 1.54) is 0 Å². The summed E-state index contributed by atoms with van der Waals surface area (Å²) in [7, 11) is 0. The van der Waals surface area contributed by atoms with Crippen molar-refractivity contribution in [2.45, 2.75) is 6.54 Å². The molecule has 0 saturated carbocycles. The van der Waals surface area contributed by atoms with Crippen LogP contribution in [0.1, 0.15) is 16.1 Å². The number of carbonyl (C=O) groups excluding carboxylic acids is 1. The Morgan fingerprint density at radius 3 is 2.70 bits per heavy atom. The SMILES string of the molecule is O=C(NCc1ccccc1Cl)c1cc(-c2cccc(Cl)c2)no1. The molecule has 0 atom stereocenters. The quantitative estimate of drug-likeness (QED) is 0.752. The van der Waals surface area contributed by atoms with Crippen molar-refractivity contribution >= 4 is 29.1 Å². The van der Waals surface area contributed by atoms with Gasteiger partial charge in [-0.15, -0.1) is 0 Å². The Bertz CT molecular complexity index is 846. The molecule has 0 spiro atoms. The summed E-state index contributed by atoms with van der Waals surface area (Å²) in [6.45, 7) is 0.311. The van der Waals surface area contributed by atoms with Gasteiger partial charge in [-0.25, -0.2) is 0 Å². The molecule has 3 aromatic rings. The van der Waals surface area contributed by atoms with Gasteiger partial charge in [-0.3, -0.25) is 4.79 Å². The van der Waals surface area contributed by atoms with Gasteiger partial charge in [0.1, 0.15) is 5.69 Å². The number of hydrogen-bond donors (Lipinski definition) is 1. The standard InChI is InChI=1S/C17H12Cl2N2O2/c18-13-6-3-5-11(8-13)15-9-16(23-21-15)17(22)20-10-12-4-1-2-7-14(12)19/h1-9H,10H2,(H,20,22). The van der Waals surface area contributed by atoms with E-state index in [0.717, 1.165) is 11.1 Å². The van der Waals surface area contributed by atoms with Crippen LogP contribution < -0.4 is 5.32 Å². The first-order chi connectivity index (χ1) is 11.1. The largest absolute Gasteiger partial charge is 0.350 e. The fourth-order valence-corrected chi connectivity index (χ4v) is 2.46. The van der Waals surface area contributed by atoms with Crippen LogP contribution in [0.4, 0.5) is 0 Å². The highest BCUT2D eigenvalue weighted by Crippen LogP contribution is 2.22. The fraction of sp³-hybridized carbons (Fsp3) is 0.0588. The second kappa shape index (κ2) is 6.86. The van der Waals surface area contributed by atoms with Gasteiger partial charge < -0.3 is 9.84 Å². The third kappa shape index (κ3) is 3.73. The van der Waals surface area contributed by atoms with Crippen molar-refractivity contribution < 1.29 is 9.32 Å². The van der Waals surface area contributed by atoms with Crippen LogP contribution in [0.5, 0.6) is 0 Å². The predicted molar refractivity (Wildman–Crippen MR) is 89.6 cm³/mol.